The minimum absolute atomic E-state index is 0.577. The van der Waals surface area contributed by atoms with Crippen molar-refractivity contribution in [3.63, 3.8) is 0 Å². The van der Waals surface area contributed by atoms with Gasteiger partial charge in [-0.15, -0.1) is 0 Å². The molecule has 0 amide bonds. The van der Waals surface area contributed by atoms with Gasteiger partial charge in [0.25, 0.3) is 0 Å². The lowest BCUT2D eigenvalue weighted by Crippen LogP contribution is -2.14. The van der Waals surface area contributed by atoms with E-state index in [2.05, 4.69) is 45.3 Å². The Morgan fingerprint density at radius 3 is 3.00 bits per heavy atom. The molecule has 3 rings (SSSR count). The lowest BCUT2D eigenvalue weighted by Gasteiger charge is -2.13. The molecule has 0 radical (unpaired) electrons. The minimum atomic E-state index is 0.577. The fraction of sp³-hybridized carbons (Fsp3) is 0.500. The smallest absolute Gasteiger partial charge is 0.183 e. The van der Waals surface area contributed by atoms with Gasteiger partial charge >= 0.3 is 0 Å². The van der Waals surface area contributed by atoms with E-state index in [0.29, 0.717) is 5.41 Å². The fourth-order valence-corrected chi connectivity index (χ4v) is 3.87. The molecule has 4 heteroatoms. The molecule has 2 aromatic rings. The normalized spacial score (nSPS) is 17.0. The lowest BCUT2D eigenvalue weighted by molar-refractivity contribution is 0.485. The Labute approximate surface area is 120 Å². The Morgan fingerprint density at radius 2 is 2.28 bits per heavy atom. The number of nitrogens with zero attached hydrogens (tertiary/aromatic N) is 1. The van der Waals surface area contributed by atoms with Gasteiger partial charge in [-0.25, -0.2) is 4.98 Å². The zero-order valence-corrected chi connectivity index (χ0v) is 12.9. The molecule has 96 valence electrons. The molecule has 0 saturated heterocycles. The molecule has 0 atom stereocenters. The molecule has 1 heterocycles. The first-order chi connectivity index (χ1) is 8.71. The predicted molar refractivity (Wildman–Crippen MR) is 82.4 cm³/mol. The second-order valence-corrected chi connectivity index (χ2v) is 7.18. The number of aromatic nitrogens is 1. The van der Waals surface area contributed by atoms with Crippen molar-refractivity contribution in [1.82, 2.24) is 4.98 Å². The summed E-state index contributed by atoms with van der Waals surface area (Å²) >= 11 is 5.25. The largest absolute Gasteiger partial charge is 0.361 e. The molecule has 0 unspecified atom stereocenters. The Hall–Kier alpha value is -0.610. The molecule has 1 N–H and O–H groups in total. The number of hydrogen-bond donors (Lipinski definition) is 1. The summed E-state index contributed by atoms with van der Waals surface area (Å²) in [6.07, 6.45) is 5.39. The van der Waals surface area contributed by atoms with Crippen molar-refractivity contribution in [2.75, 3.05) is 11.9 Å². The molecule has 18 heavy (non-hydrogen) atoms. The second kappa shape index (κ2) is 4.82. The topological polar surface area (TPSA) is 24.9 Å². The van der Waals surface area contributed by atoms with Crippen LogP contribution in [0.15, 0.2) is 22.7 Å². The molecule has 0 bridgehead atoms. The van der Waals surface area contributed by atoms with Crippen molar-refractivity contribution in [3.8, 4) is 0 Å². The van der Waals surface area contributed by atoms with E-state index < -0.39 is 0 Å². The summed E-state index contributed by atoms with van der Waals surface area (Å²) in [6.45, 7) is 3.36. The molecule has 1 fully saturated rings. The first-order valence-corrected chi connectivity index (χ1v) is 8.12. The molecule has 0 aliphatic heterocycles. The number of halogens is 1. The van der Waals surface area contributed by atoms with Gasteiger partial charge in [0.15, 0.2) is 5.13 Å². The highest BCUT2D eigenvalue weighted by Gasteiger charge is 2.41. The Kier molecular flexibility index (Phi) is 3.32. The molecule has 0 spiro atoms. The maximum absolute atomic E-state index is 4.63. The summed E-state index contributed by atoms with van der Waals surface area (Å²) in [6, 6.07) is 6.25. The molecule has 1 saturated carbocycles. The molecule has 1 aromatic heterocycles. The van der Waals surface area contributed by atoms with Crippen LogP contribution in [0.3, 0.4) is 0 Å². The maximum atomic E-state index is 4.63. The monoisotopic (exact) mass is 324 g/mol. The highest BCUT2D eigenvalue weighted by atomic mass is 79.9. The summed E-state index contributed by atoms with van der Waals surface area (Å²) in [7, 11) is 0. The summed E-state index contributed by atoms with van der Waals surface area (Å²) in [4.78, 5) is 4.63. The number of hydrogen-bond acceptors (Lipinski definition) is 3. The molecular formula is C14H17BrN2S. The highest BCUT2D eigenvalue weighted by molar-refractivity contribution is 9.10. The van der Waals surface area contributed by atoms with Crippen LogP contribution < -0.4 is 5.32 Å². The molecule has 1 aliphatic rings. The first kappa shape index (κ1) is 12.4. The van der Waals surface area contributed by atoms with Crippen LogP contribution >= 0.6 is 27.3 Å². The highest BCUT2D eigenvalue weighted by Crippen LogP contribution is 2.49. The minimum Gasteiger partial charge on any atom is -0.361 e. The van der Waals surface area contributed by atoms with Crippen LogP contribution in [0.4, 0.5) is 5.13 Å². The van der Waals surface area contributed by atoms with Crippen molar-refractivity contribution in [1.29, 1.82) is 0 Å². The quantitative estimate of drug-likeness (QED) is 0.832. The van der Waals surface area contributed by atoms with Gasteiger partial charge in [-0.1, -0.05) is 40.6 Å². The Balaban J connectivity index is 1.71. The van der Waals surface area contributed by atoms with Gasteiger partial charge in [-0.3, -0.25) is 0 Å². The number of fused-ring (bicyclic) bond motifs is 1. The van der Waals surface area contributed by atoms with E-state index in [0.717, 1.165) is 21.7 Å². The average molecular weight is 325 g/mol. The van der Waals surface area contributed by atoms with Crippen molar-refractivity contribution >= 4 is 42.6 Å². The van der Waals surface area contributed by atoms with Crippen LogP contribution in [0.25, 0.3) is 10.2 Å². The van der Waals surface area contributed by atoms with Crippen molar-refractivity contribution in [2.45, 2.75) is 32.6 Å². The third-order valence-electron chi connectivity index (χ3n) is 3.70. The first-order valence-electron chi connectivity index (χ1n) is 6.51. The van der Waals surface area contributed by atoms with E-state index in [1.807, 2.05) is 6.07 Å². The summed E-state index contributed by atoms with van der Waals surface area (Å²) in [5.41, 5.74) is 1.67. The number of nitrogens with one attached hydrogen (secondary N) is 1. The Bertz CT molecular complexity index is 560. The van der Waals surface area contributed by atoms with E-state index in [1.165, 1.54) is 30.4 Å². The van der Waals surface area contributed by atoms with Gasteiger partial charge in [0, 0.05) is 11.0 Å². The molecule has 1 aromatic carbocycles. The van der Waals surface area contributed by atoms with Crippen molar-refractivity contribution < 1.29 is 0 Å². The van der Waals surface area contributed by atoms with Gasteiger partial charge in [0.05, 0.1) is 10.2 Å². The van der Waals surface area contributed by atoms with Crippen LogP contribution in [-0.4, -0.2) is 11.5 Å². The van der Waals surface area contributed by atoms with Crippen LogP contribution in [0.2, 0.25) is 0 Å². The van der Waals surface area contributed by atoms with Crippen LogP contribution in [0.1, 0.15) is 32.6 Å². The number of benzene rings is 1. The fourth-order valence-electron chi connectivity index (χ4n) is 2.46. The molecule has 2 nitrogen and oxygen atoms in total. The zero-order valence-electron chi connectivity index (χ0n) is 10.5. The average Bonchev–Trinajstić information content (AvgIpc) is 2.99. The number of anilines is 1. The van der Waals surface area contributed by atoms with Crippen LogP contribution in [0, 0.1) is 5.41 Å². The van der Waals surface area contributed by atoms with E-state index >= 15 is 0 Å². The standard InChI is InChI=1S/C14H17BrN2S/c1-2-5-14(6-7-14)9-16-13-17-11-4-3-10(15)8-12(11)18-13/h3-4,8H,2,5-7,9H2,1H3,(H,16,17). The summed E-state index contributed by atoms with van der Waals surface area (Å²) in [5, 5.41) is 4.59. The van der Waals surface area contributed by atoms with Gasteiger partial charge in [0.2, 0.25) is 0 Å². The lowest BCUT2D eigenvalue weighted by atomic mass is 10.0. The summed E-state index contributed by atoms with van der Waals surface area (Å²) < 4.78 is 2.36. The third kappa shape index (κ3) is 2.54. The van der Waals surface area contributed by atoms with Gasteiger partial charge in [-0.2, -0.15) is 0 Å². The Morgan fingerprint density at radius 1 is 1.44 bits per heavy atom. The predicted octanol–water partition coefficient (Wildman–Crippen LogP) is 5.05. The SMILES string of the molecule is CCCC1(CNc2nc3ccc(Br)cc3s2)CC1. The molecule has 1 aliphatic carbocycles. The molecular weight excluding hydrogens is 308 g/mol. The number of rotatable bonds is 5. The number of thiazole rings is 1. The van der Waals surface area contributed by atoms with Crippen LogP contribution in [-0.2, 0) is 0 Å². The van der Waals surface area contributed by atoms with Crippen LogP contribution in [0.5, 0.6) is 0 Å². The van der Waals surface area contributed by atoms with Crippen molar-refractivity contribution in [3.05, 3.63) is 22.7 Å². The van der Waals surface area contributed by atoms with E-state index in [4.69, 9.17) is 0 Å². The van der Waals surface area contributed by atoms with E-state index in [-0.39, 0.29) is 0 Å². The summed E-state index contributed by atoms with van der Waals surface area (Å²) in [5.74, 6) is 0. The third-order valence-corrected chi connectivity index (χ3v) is 5.17. The van der Waals surface area contributed by atoms with Crippen molar-refractivity contribution in [2.24, 2.45) is 5.41 Å². The van der Waals surface area contributed by atoms with Gasteiger partial charge < -0.3 is 5.32 Å². The maximum Gasteiger partial charge on any atom is 0.183 e. The zero-order chi connectivity index (χ0) is 12.6. The van der Waals surface area contributed by atoms with E-state index in [9.17, 15) is 0 Å². The second-order valence-electron chi connectivity index (χ2n) is 5.23. The van der Waals surface area contributed by atoms with Gasteiger partial charge in [-0.05, 0) is 42.9 Å². The van der Waals surface area contributed by atoms with Gasteiger partial charge in [0.1, 0.15) is 0 Å². The van der Waals surface area contributed by atoms with E-state index in [1.54, 1.807) is 11.3 Å².